The second-order valence-corrected chi connectivity index (χ2v) is 10.7. The molecule has 0 amide bonds. The second kappa shape index (κ2) is 11.0. The summed E-state index contributed by atoms with van der Waals surface area (Å²) in [5, 5.41) is 17.4. The Kier molecular flexibility index (Phi) is 6.01. The molecule has 4 saturated heterocycles. The minimum atomic E-state index is -2.45. The summed E-state index contributed by atoms with van der Waals surface area (Å²) in [5.41, 5.74) is 3.58. The van der Waals surface area contributed by atoms with Crippen LogP contribution in [-0.2, 0) is 11.3 Å². The maximum Gasteiger partial charge on any atom is 0.147 e. The number of nitrogens with one attached hydrogen (secondary N) is 1. The fourth-order valence-electron chi connectivity index (χ4n) is 6.00. The standard InChI is InChI=1S/C30H32N8O3/c1-39-24-4-2-20(3-5-24)15-37-22-8-23(37)17-36(16-22)29-14-33-28(13-34-29)27-9-25(41-19-26-12-32-6-7-40-26)18-38-30(27)21(10-31)11-35-38/h2-5,9,11,13-14,18,22-23,26,32H,6-8,12,15-17,19H2,1H3/t22?,23?,26-/m0/s1/i1D3. The van der Waals surface area contributed by atoms with Gasteiger partial charge in [0.2, 0.25) is 0 Å². The van der Waals surface area contributed by atoms with Crippen molar-refractivity contribution in [1.82, 2.24) is 29.8 Å². The molecule has 4 fully saturated rings. The first-order valence-corrected chi connectivity index (χ1v) is 13.8. The molecule has 0 aliphatic carbocycles. The molecule has 210 valence electrons. The van der Waals surface area contributed by atoms with E-state index in [9.17, 15) is 5.26 Å². The van der Waals surface area contributed by atoms with Gasteiger partial charge in [0, 0.05) is 50.4 Å². The molecule has 4 aromatic rings. The van der Waals surface area contributed by atoms with Crippen LogP contribution in [0.2, 0.25) is 0 Å². The van der Waals surface area contributed by atoms with Crippen molar-refractivity contribution in [3.63, 3.8) is 0 Å². The number of methoxy groups -OCH3 is 1. The molecular formula is C30H32N8O3. The molecule has 11 heteroatoms. The number of benzene rings is 1. The number of piperidine rings is 1. The lowest BCUT2D eigenvalue weighted by Crippen LogP contribution is -2.68. The van der Waals surface area contributed by atoms with Crippen LogP contribution in [0.5, 0.6) is 11.5 Å². The van der Waals surface area contributed by atoms with E-state index in [0.717, 1.165) is 56.1 Å². The largest absolute Gasteiger partial charge is 0.497 e. The Labute approximate surface area is 242 Å². The van der Waals surface area contributed by atoms with E-state index in [1.54, 1.807) is 41.4 Å². The molecule has 1 aromatic carbocycles. The van der Waals surface area contributed by atoms with Gasteiger partial charge in [-0.3, -0.25) is 9.88 Å². The quantitative estimate of drug-likeness (QED) is 0.348. The number of pyridine rings is 1. The number of aromatic nitrogens is 4. The molecule has 4 aliphatic rings. The van der Waals surface area contributed by atoms with E-state index in [-0.39, 0.29) is 6.10 Å². The fraction of sp³-hybridized carbons (Fsp3) is 0.400. The number of hydrogen-bond acceptors (Lipinski definition) is 10. The molecule has 0 radical (unpaired) electrons. The van der Waals surface area contributed by atoms with Crippen molar-refractivity contribution in [1.29, 1.82) is 5.26 Å². The minimum absolute atomic E-state index is 0.0376. The fourth-order valence-corrected chi connectivity index (χ4v) is 6.00. The van der Waals surface area contributed by atoms with Gasteiger partial charge in [-0.05, 0) is 30.2 Å². The van der Waals surface area contributed by atoms with Gasteiger partial charge in [-0.15, -0.1) is 0 Å². The summed E-state index contributed by atoms with van der Waals surface area (Å²) in [6.45, 7) is 5.11. The van der Waals surface area contributed by atoms with Crippen molar-refractivity contribution in [3.05, 3.63) is 66.2 Å². The molecule has 8 rings (SSSR count). The van der Waals surface area contributed by atoms with E-state index in [1.807, 2.05) is 18.2 Å². The van der Waals surface area contributed by atoms with Crippen LogP contribution in [0, 0.1) is 11.3 Å². The highest BCUT2D eigenvalue weighted by Crippen LogP contribution is 2.36. The van der Waals surface area contributed by atoms with Gasteiger partial charge in [0.1, 0.15) is 36.1 Å². The normalized spacial score (nSPS) is 23.6. The highest BCUT2D eigenvalue weighted by Gasteiger charge is 2.44. The van der Waals surface area contributed by atoms with Gasteiger partial charge in [0.05, 0.1) is 59.3 Å². The van der Waals surface area contributed by atoms with Crippen LogP contribution < -0.4 is 19.7 Å². The zero-order chi connectivity index (χ0) is 30.3. The smallest absolute Gasteiger partial charge is 0.147 e. The zero-order valence-electron chi connectivity index (χ0n) is 25.4. The molecule has 2 unspecified atom stereocenters. The monoisotopic (exact) mass is 555 g/mol. The highest BCUT2D eigenvalue weighted by atomic mass is 16.5. The van der Waals surface area contributed by atoms with Crippen LogP contribution in [0.3, 0.4) is 0 Å². The predicted octanol–water partition coefficient (Wildman–Crippen LogP) is 2.50. The first-order chi connectivity index (χ1) is 21.3. The van der Waals surface area contributed by atoms with Crippen LogP contribution >= 0.6 is 0 Å². The van der Waals surface area contributed by atoms with Crippen molar-refractivity contribution in [2.45, 2.75) is 31.2 Å². The number of rotatable bonds is 8. The summed E-state index contributed by atoms with van der Waals surface area (Å²) in [6.07, 6.45) is 7.95. The lowest BCUT2D eigenvalue weighted by molar-refractivity contribution is -0.00870. The number of nitrogens with zero attached hydrogens (tertiary/aromatic N) is 7. The second-order valence-electron chi connectivity index (χ2n) is 10.7. The van der Waals surface area contributed by atoms with Crippen LogP contribution in [0.25, 0.3) is 16.8 Å². The van der Waals surface area contributed by atoms with Crippen molar-refractivity contribution in [3.8, 4) is 28.8 Å². The number of hydrogen-bond donors (Lipinski definition) is 1. The number of nitriles is 1. The zero-order valence-corrected chi connectivity index (χ0v) is 22.4. The third-order valence-electron chi connectivity index (χ3n) is 8.14. The van der Waals surface area contributed by atoms with Gasteiger partial charge >= 0.3 is 0 Å². The molecular weight excluding hydrogens is 520 g/mol. The molecule has 11 nitrogen and oxygen atoms in total. The van der Waals surface area contributed by atoms with E-state index in [0.29, 0.717) is 53.6 Å². The van der Waals surface area contributed by atoms with E-state index in [1.165, 1.54) is 0 Å². The Bertz CT molecular complexity index is 1650. The van der Waals surface area contributed by atoms with Crippen LogP contribution in [0.15, 0.2) is 55.1 Å². The topological polar surface area (TPSA) is 113 Å². The number of ether oxygens (including phenoxy) is 3. The minimum Gasteiger partial charge on any atom is -0.497 e. The van der Waals surface area contributed by atoms with Crippen LogP contribution in [0.4, 0.5) is 5.82 Å². The van der Waals surface area contributed by atoms with Crippen molar-refractivity contribution < 1.29 is 18.3 Å². The molecule has 41 heavy (non-hydrogen) atoms. The molecule has 0 saturated carbocycles. The molecule has 7 heterocycles. The van der Waals surface area contributed by atoms with E-state index < -0.39 is 7.04 Å². The summed E-state index contributed by atoms with van der Waals surface area (Å²) < 4.78 is 40.3. The summed E-state index contributed by atoms with van der Waals surface area (Å²) in [6, 6.07) is 12.2. The SMILES string of the molecule is [2H]C([2H])([2H])Oc1ccc(CN2C3CC2CN(c2cnc(-c4cc(OC[C@@H]5CNCCO5)cn5ncc(C#N)c45)cn2)C3)cc1. The van der Waals surface area contributed by atoms with Crippen molar-refractivity contribution >= 4 is 11.3 Å². The summed E-state index contributed by atoms with van der Waals surface area (Å²) in [5.74, 6) is 1.76. The Hall–Kier alpha value is -4.24. The summed E-state index contributed by atoms with van der Waals surface area (Å²) in [4.78, 5) is 14.3. The number of piperazine rings is 1. The maximum atomic E-state index is 9.72. The summed E-state index contributed by atoms with van der Waals surface area (Å²) >= 11 is 0. The van der Waals surface area contributed by atoms with Gasteiger partial charge in [-0.1, -0.05) is 12.1 Å². The molecule has 2 bridgehead atoms. The lowest BCUT2D eigenvalue weighted by Gasteiger charge is -2.56. The number of morpholine rings is 1. The maximum absolute atomic E-state index is 9.72. The lowest BCUT2D eigenvalue weighted by atomic mass is 9.87. The first-order valence-electron chi connectivity index (χ1n) is 15.3. The van der Waals surface area contributed by atoms with Crippen LogP contribution in [0.1, 0.15) is 21.7 Å². The van der Waals surface area contributed by atoms with E-state index in [4.69, 9.17) is 28.3 Å². The summed E-state index contributed by atoms with van der Waals surface area (Å²) in [7, 11) is -2.45. The number of fused-ring (bicyclic) bond motifs is 3. The van der Waals surface area contributed by atoms with E-state index >= 15 is 0 Å². The first kappa shape index (κ1) is 22.4. The molecule has 0 spiro atoms. The third kappa shape index (κ3) is 5.06. The Morgan fingerprint density at radius 2 is 2.02 bits per heavy atom. The highest BCUT2D eigenvalue weighted by molar-refractivity contribution is 5.83. The van der Waals surface area contributed by atoms with Gasteiger partial charge in [-0.25, -0.2) is 9.50 Å². The van der Waals surface area contributed by atoms with E-state index in [2.05, 4.69) is 26.3 Å². The van der Waals surface area contributed by atoms with Crippen molar-refractivity contribution in [2.75, 3.05) is 51.3 Å². The van der Waals surface area contributed by atoms with Crippen molar-refractivity contribution in [2.24, 2.45) is 0 Å². The molecule has 3 aromatic heterocycles. The van der Waals surface area contributed by atoms with Gasteiger partial charge < -0.3 is 24.4 Å². The number of anilines is 1. The third-order valence-corrected chi connectivity index (χ3v) is 8.14. The Morgan fingerprint density at radius 3 is 2.76 bits per heavy atom. The average molecular weight is 556 g/mol. The van der Waals surface area contributed by atoms with Gasteiger partial charge in [0.15, 0.2) is 0 Å². The van der Waals surface area contributed by atoms with Gasteiger partial charge in [0.25, 0.3) is 0 Å². The average Bonchev–Trinajstić information content (AvgIpc) is 3.46. The molecule has 1 N–H and O–H groups in total. The van der Waals surface area contributed by atoms with Crippen LogP contribution in [-0.4, -0.2) is 89.1 Å². The molecule has 4 aliphatic heterocycles. The Balaban J connectivity index is 1.03. The predicted molar refractivity (Wildman–Crippen MR) is 152 cm³/mol. The Morgan fingerprint density at radius 1 is 1.15 bits per heavy atom. The molecule has 3 atom stereocenters. The van der Waals surface area contributed by atoms with Gasteiger partial charge in [-0.2, -0.15) is 10.4 Å².